The Morgan fingerprint density at radius 3 is 2.24 bits per heavy atom. The summed E-state index contributed by atoms with van der Waals surface area (Å²) in [6.45, 7) is 9.83. The van der Waals surface area contributed by atoms with E-state index in [1.165, 1.54) is 6.07 Å². The Hall–Kier alpha value is -1.40. The second-order valence-corrected chi connectivity index (χ2v) is 7.95. The van der Waals surface area contributed by atoms with E-state index in [9.17, 15) is 13.2 Å². The number of hydrogen-bond donors (Lipinski definition) is 1. The Bertz CT molecular complexity index is 642. The third-order valence-electron chi connectivity index (χ3n) is 3.13. The predicted molar refractivity (Wildman–Crippen MR) is 81.6 cm³/mol. The molecule has 0 radical (unpaired) electrons. The molecule has 0 aliphatic carbocycles. The summed E-state index contributed by atoms with van der Waals surface area (Å²) >= 11 is 0. The van der Waals surface area contributed by atoms with Crippen LogP contribution in [0.2, 0.25) is 0 Å². The molecular formula is C15H23NO4S. The maximum atomic E-state index is 12.1. The normalized spacial score (nSPS) is 12.3. The van der Waals surface area contributed by atoms with Crippen molar-refractivity contribution in [1.82, 2.24) is 0 Å². The van der Waals surface area contributed by atoms with E-state index in [0.717, 1.165) is 6.42 Å². The summed E-state index contributed by atoms with van der Waals surface area (Å²) in [5, 5.41) is 5.15. The summed E-state index contributed by atoms with van der Waals surface area (Å²) < 4.78 is 28.2. The zero-order valence-electron chi connectivity index (χ0n) is 13.2. The number of primary sulfonamides is 1. The largest absolute Gasteiger partial charge is 0.462 e. The fourth-order valence-corrected chi connectivity index (χ4v) is 2.68. The number of carbonyl (C=O) groups excluding carboxylic acids is 1. The minimum atomic E-state index is -3.86. The number of carbonyl (C=O) groups is 1. The van der Waals surface area contributed by atoms with Crippen LogP contribution in [0.4, 0.5) is 0 Å². The van der Waals surface area contributed by atoms with Gasteiger partial charge in [-0.1, -0.05) is 26.8 Å². The lowest BCUT2D eigenvalue weighted by Crippen LogP contribution is -2.17. The lowest BCUT2D eigenvalue weighted by Gasteiger charge is -2.18. The molecule has 6 heteroatoms. The summed E-state index contributed by atoms with van der Waals surface area (Å²) in [5.74, 6) is -0.526. The molecular weight excluding hydrogens is 290 g/mol. The average Bonchev–Trinajstić information content (AvgIpc) is 2.24. The first kappa shape index (κ1) is 17.7. The molecule has 1 aromatic carbocycles. The first-order chi connectivity index (χ1) is 9.42. The molecule has 1 rings (SSSR count). The van der Waals surface area contributed by atoms with Crippen LogP contribution in [0.5, 0.6) is 0 Å². The van der Waals surface area contributed by atoms with Gasteiger partial charge in [0.2, 0.25) is 10.0 Å². The summed E-state index contributed by atoms with van der Waals surface area (Å²) in [7, 11) is -3.86. The number of aryl methyl sites for hydroxylation is 2. The van der Waals surface area contributed by atoms with Gasteiger partial charge in [0.05, 0.1) is 17.1 Å². The van der Waals surface area contributed by atoms with E-state index < -0.39 is 16.0 Å². The van der Waals surface area contributed by atoms with Crippen molar-refractivity contribution in [2.24, 2.45) is 10.6 Å². The van der Waals surface area contributed by atoms with Crippen molar-refractivity contribution in [3.63, 3.8) is 0 Å². The summed E-state index contributed by atoms with van der Waals surface area (Å²) in [6, 6.07) is 2.92. The second-order valence-electron chi connectivity index (χ2n) is 6.42. The fraction of sp³-hybridized carbons (Fsp3) is 0.533. The molecule has 0 heterocycles. The molecule has 0 bridgehead atoms. The summed E-state index contributed by atoms with van der Waals surface area (Å²) in [6.07, 6.45) is 0.728. The van der Waals surface area contributed by atoms with Gasteiger partial charge < -0.3 is 4.74 Å². The van der Waals surface area contributed by atoms with Crippen LogP contribution in [0.15, 0.2) is 17.0 Å². The lowest BCUT2D eigenvalue weighted by atomic mass is 9.93. The standard InChI is InChI=1S/C15H23NO4S/c1-10-8-11(2)13(21(16,18)19)9-12(10)14(17)20-7-6-15(3,4)5/h8-9H,6-7H2,1-5H3,(H2,16,18,19). The van der Waals surface area contributed by atoms with E-state index in [0.29, 0.717) is 17.7 Å². The fourth-order valence-electron chi connectivity index (χ4n) is 1.89. The molecule has 1 aromatic rings. The van der Waals surface area contributed by atoms with Crippen LogP contribution in [0.3, 0.4) is 0 Å². The quantitative estimate of drug-likeness (QED) is 0.865. The van der Waals surface area contributed by atoms with E-state index in [1.807, 2.05) is 0 Å². The van der Waals surface area contributed by atoms with Gasteiger partial charge in [0.1, 0.15) is 0 Å². The Balaban J connectivity index is 3.00. The van der Waals surface area contributed by atoms with Crippen LogP contribution in [-0.4, -0.2) is 21.0 Å². The highest BCUT2D eigenvalue weighted by atomic mass is 32.2. The van der Waals surface area contributed by atoms with Crippen LogP contribution in [-0.2, 0) is 14.8 Å². The van der Waals surface area contributed by atoms with Crippen molar-refractivity contribution in [2.45, 2.75) is 45.9 Å². The Morgan fingerprint density at radius 1 is 1.19 bits per heavy atom. The zero-order chi connectivity index (χ0) is 16.4. The molecule has 0 aromatic heterocycles. The second kappa shape index (κ2) is 6.15. The molecule has 0 fully saturated rings. The maximum absolute atomic E-state index is 12.1. The van der Waals surface area contributed by atoms with E-state index in [4.69, 9.17) is 9.88 Å². The SMILES string of the molecule is Cc1cc(C)c(S(N)(=O)=O)cc1C(=O)OCCC(C)(C)C. The van der Waals surface area contributed by atoms with Crippen LogP contribution in [0.25, 0.3) is 0 Å². The molecule has 0 atom stereocenters. The van der Waals surface area contributed by atoms with Crippen molar-refractivity contribution in [1.29, 1.82) is 0 Å². The molecule has 5 nitrogen and oxygen atoms in total. The smallest absolute Gasteiger partial charge is 0.338 e. The van der Waals surface area contributed by atoms with Gasteiger partial charge in [-0.3, -0.25) is 0 Å². The van der Waals surface area contributed by atoms with Crippen LogP contribution in [0, 0.1) is 19.3 Å². The average molecular weight is 313 g/mol. The van der Waals surface area contributed by atoms with E-state index >= 15 is 0 Å². The van der Waals surface area contributed by atoms with Gasteiger partial charge in [-0.05, 0) is 42.9 Å². The molecule has 0 saturated carbocycles. The third-order valence-corrected chi connectivity index (χ3v) is 4.19. The number of ether oxygens (including phenoxy) is 1. The van der Waals surface area contributed by atoms with Crippen molar-refractivity contribution in [3.8, 4) is 0 Å². The summed E-state index contributed by atoms with van der Waals surface area (Å²) in [4.78, 5) is 12.0. The minimum Gasteiger partial charge on any atom is -0.462 e. The molecule has 0 saturated heterocycles. The number of nitrogens with two attached hydrogens (primary N) is 1. The predicted octanol–water partition coefficient (Wildman–Crippen LogP) is 2.54. The van der Waals surface area contributed by atoms with Gasteiger partial charge in [0, 0.05) is 0 Å². The Kier molecular flexibility index (Phi) is 5.17. The topological polar surface area (TPSA) is 86.5 Å². The Morgan fingerprint density at radius 2 is 1.76 bits per heavy atom. The number of esters is 1. The van der Waals surface area contributed by atoms with Crippen molar-refractivity contribution >= 4 is 16.0 Å². The first-order valence-electron chi connectivity index (χ1n) is 6.73. The van der Waals surface area contributed by atoms with E-state index in [1.54, 1.807) is 19.9 Å². The Labute approximate surface area is 126 Å². The number of rotatable bonds is 4. The molecule has 0 amide bonds. The maximum Gasteiger partial charge on any atom is 0.338 e. The number of hydrogen-bond acceptors (Lipinski definition) is 4. The summed E-state index contributed by atoms with van der Waals surface area (Å²) in [5.41, 5.74) is 1.48. The zero-order valence-corrected chi connectivity index (χ0v) is 14.0. The monoisotopic (exact) mass is 313 g/mol. The van der Waals surface area contributed by atoms with E-state index in [-0.39, 0.29) is 15.9 Å². The molecule has 0 spiro atoms. The van der Waals surface area contributed by atoms with E-state index in [2.05, 4.69) is 20.8 Å². The molecule has 0 unspecified atom stereocenters. The first-order valence-corrected chi connectivity index (χ1v) is 8.27. The highest BCUT2D eigenvalue weighted by Crippen LogP contribution is 2.22. The van der Waals surface area contributed by atoms with Gasteiger partial charge in [-0.15, -0.1) is 0 Å². The molecule has 118 valence electrons. The molecule has 0 aliphatic rings. The van der Waals surface area contributed by atoms with Crippen LogP contribution in [0.1, 0.15) is 48.7 Å². The van der Waals surface area contributed by atoms with Gasteiger partial charge in [0.25, 0.3) is 0 Å². The number of benzene rings is 1. The molecule has 21 heavy (non-hydrogen) atoms. The molecule has 2 N–H and O–H groups in total. The third kappa shape index (κ3) is 5.13. The van der Waals surface area contributed by atoms with Crippen molar-refractivity contribution < 1.29 is 17.9 Å². The van der Waals surface area contributed by atoms with Gasteiger partial charge in [-0.2, -0.15) is 0 Å². The van der Waals surface area contributed by atoms with Crippen molar-refractivity contribution in [3.05, 3.63) is 28.8 Å². The lowest BCUT2D eigenvalue weighted by molar-refractivity contribution is 0.0463. The van der Waals surface area contributed by atoms with Crippen LogP contribution >= 0.6 is 0 Å². The highest BCUT2D eigenvalue weighted by molar-refractivity contribution is 7.89. The van der Waals surface area contributed by atoms with Gasteiger partial charge >= 0.3 is 5.97 Å². The highest BCUT2D eigenvalue weighted by Gasteiger charge is 2.19. The van der Waals surface area contributed by atoms with Crippen molar-refractivity contribution in [2.75, 3.05) is 6.61 Å². The molecule has 0 aliphatic heterocycles. The number of sulfonamides is 1. The van der Waals surface area contributed by atoms with Gasteiger partial charge in [-0.25, -0.2) is 18.4 Å². The van der Waals surface area contributed by atoms with Crippen LogP contribution < -0.4 is 5.14 Å². The van der Waals surface area contributed by atoms with Gasteiger partial charge in [0.15, 0.2) is 0 Å². The minimum absolute atomic E-state index is 0.0455.